The molecule has 0 atom stereocenters. The molecule has 1 N–H and O–H groups in total. The molecule has 0 saturated heterocycles. The average molecular weight is 222 g/mol. The summed E-state index contributed by atoms with van der Waals surface area (Å²) in [5, 5.41) is 2.74. The maximum absolute atomic E-state index is 11.4. The van der Waals surface area contributed by atoms with Crippen LogP contribution in [0.5, 0.6) is 0 Å². The van der Waals surface area contributed by atoms with Crippen LogP contribution in [0.3, 0.4) is 0 Å². The van der Waals surface area contributed by atoms with Crippen LogP contribution in [0.15, 0.2) is 18.5 Å². The predicted octanol–water partition coefficient (Wildman–Crippen LogP) is 1.61. The highest BCUT2D eigenvalue weighted by Crippen LogP contribution is 2.05. The van der Waals surface area contributed by atoms with Crippen LogP contribution in [-0.4, -0.2) is 22.8 Å². The van der Waals surface area contributed by atoms with Gasteiger partial charge >= 0.3 is 0 Å². The number of Topliss-reactive ketones (excluding diaryl/α,β-unsaturated/α-hetero) is 1. The van der Waals surface area contributed by atoms with Crippen molar-refractivity contribution in [2.24, 2.45) is 0 Å². The normalized spacial score (nSPS) is 10.1. The molecule has 0 aliphatic rings. The largest absolute Gasteiger partial charge is 0.356 e. The molecule has 0 bridgehead atoms. The second-order valence-electron chi connectivity index (χ2n) is 3.62. The number of amides is 1. The number of nitrogens with zero attached hydrogens (tertiary/aromatic N) is 1. The summed E-state index contributed by atoms with van der Waals surface area (Å²) < 4.78 is 1.87. The maximum Gasteiger partial charge on any atom is 0.221 e. The van der Waals surface area contributed by atoms with Crippen LogP contribution in [0, 0.1) is 0 Å². The number of rotatable bonds is 6. The molecule has 1 amide bonds. The van der Waals surface area contributed by atoms with E-state index in [0.29, 0.717) is 25.9 Å². The van der Waals surface area contributed by atoms with Gasteiger partial charge in [0.2, 0.25) is 5.91 Å². The highest BCUT2D eigenvalue weighted by molar-refractivity contribution is 5.95. The Bertz CT molecular complexity index is 369. The second kappa shape index (κ2) is 6.10. The summed E-state index contributed by atoms with van der Waals surface area (Å²) in [5.74, 6) is 0.177. The Morgan fingerprint density at radius 1 is 1.38 bits per heavy atom. The van der Waals surface area contributed by atoms with Crippen LogP contribution < -0.4 is 5.32 Å². The minimum Gasteiger partial charge on any atom is -0.356 e. The highest BCUT2D eigenvalue weighted by Gasteiger charge is 2.05. The van der Waals surface area contributed by atoms with E-state index < -0.39 is 0 Å². The molecule has 0 spiro atoms. The van der Waals surface area contributed by atoms with Crippen molar-refractivity contribution in [1.29, 1.82) is 0 Å². The summed E-state index contributed by atoms with van der Waals surface area (Å²) in [4.78, 5) is 22.6. The van der Waals surface area contributed by atoms with Crippen molar-refractivity contribution in [1.82, 2.24) is 9.88 Å². The van der Waals surface area contributed by atoms with Crippen LogP contribution in [0.2, 0.25) is 0 Å². The Morgan fingerprint density at radius 3 is 2.75 bits per heavy atom. The van der Waals surface area contributed by atoms with Gasteiger partial charge in [0.25, 0.3) is 0 Å². The fourth-order valence-electron chi connectivity index (χ4n) is 1.47. The molecule has 88 valence electrons. The maximum atomic E-state index is 11.4. The molecule has 0 aromatic carbocycles. The predicted molar refractivity (Wildman–Crippen MR) is 62.4 cm³/mol. The number of aryl methyl sites for hydroxylation is 1. The number of hydrogen-bond acceptors (Lipinski definition) is 2. The molecule has 1 rings (SSSR count). The molecule has 0 radical (unpaired) electrons. The third-order valence-electron chi connectivity index (χ3n) is 2.36. The fraction of sp³-hybridized carbons (Fsp3) is 0.500. The molecule has 1 aromatic rings. The number of carbonyl (C=O) groups is 2. The molecule has 1 heterocycles. The number of nitrogens with one attached hydrogen (secondary N) is 1. The topological polar surface area (TPSA) is 51.1 Å². The Balaban J connectivity index is 2.46. The molecule has 0 fully saturated rings. The van der Waals surface area contributed by atoms with Gasteiger partial charge in [-0.1, -0.05) is 6.92 Å². The van der Waals surface area contributed by atoms with E-state index in [1.54, 1.807) is 12.3 Å². The number of ketones is 1. The number of hydrogen-bond donors (Lipinski definition) is 1. The van der Waals surface area contributed by atoms with E-state index in [2.05, 4.69) is 5.32 Å². The average Bonchev–Trinajstić information content (AvgIpc) is 2.74. The molecule has 0 aliphatic heterocycles. The summed E-state index contributed by atoms with van der Waals surface area (Å²) in [6.45, 7) is 5.01. The van der Waals surface area contributed by atoms with E-state index in [-0.39, 0.29) is 11.7 Å². The van der Waals surface area contributed by atoms with Crippen LogP contribution in [0.25, 0.3) is 0 Å². The van der Waals surface area contributed by atoms with E-state index >= 15 is 0 Å². The van der Waals surface area contributed by atoms with Gasteiger partial charge in [-0.25, -0.2) is 0 Å². The van der Waals surface area contributed by atoms with E-state index in [4.69, 9.17) is 0 Å². The zero-order chi connectivity index (χ0) is 12.0. The van der Waals surface area contributed by atoms with Gasteiger partial charge in [-0.3, -0.25) is 9.59 Å². The first kappa shape index (κ1) is 12.5. The highest BCUT2D eigenvalue weighted by atomic mass is 16.1. The Labute approximate surface area is 95.6 Å². The minimum absolute atomic E-state index is 0.0413. The van der Waals surface area contributed by atoms with Crippen molar-refractivity contribution in [2.45, 2.75) is 33.2 Å². The van der Waals surface area contributed by atoms with Gasteiger partial charge in [-0.2, -0.15) is 0 Å². The molecule has 0 unspecified atom stereocenters. The first-order chi connectivity index (χ1) is 7.67. The van der Waals surface area contributed by atoms with Gasteiger partial charge in [0, 0.05) is 43.9 Å². The van der Waals surface area contributed by atoms with Crippen molar-refractivity contribution in [3.63, 3.8) is 0 Å². The van der Waals surface area contributed by atoms with Crippen molar-refractivity contribution < 1.29 is 9.59 Å². The van der Waals surface area contributed by atoms with Gasteiger partial charge in [0.15, 0.2) is 5.78 Å². The van der Waals surface area contributed by atoms with Crippen molar-refractivity contribution in [2.75, 3.05) is 6.54 Å². The van der Waals surface area contributed by atoms with Gasteiger partial charge < -0.3 is 9.88 Å². The van der Waals surface area contributed by atoms with Crippen molar-refractivity contribution in [3.05, 3.63) is 24.0 Å². The Morgan fingerprint density at radius 2 is 2.12 bits per heavy atom. The molecule has 0 aliphatic carbocycles. The molecule has 16 heavy (non-hydrogen) atoms. The zero-order valence-corrected chi connectivity index (χ0v) is 9.82. The second-order valence-corrected chi connectivity index (χ2v) is 3.62. The quantitative estimate of drug-likeness (QED) is 0.743. The lowest BCUT2D eigenvalue weighted by atomic mass is 10.2. The monoisotopic (exact) mass is 222 g/mol. The fourth-order valence-corrected chi connectivity index (χ4v) is 1.47. The van der Waals surface area contributed by atoms with Crippen LogP contribution >= 0.6 is 0 Å². The number of carbonyl (C=O) groups excluding carboxylic acids is 2. The van der Waals surface area contributed by atoms with Crippen LogP contribution in [-0.2, 0) is 11.3 Å². The van der Waals surface area contributed by atoms with Gasteiger partial charge in [0.05, 0.1) is 0 Å². The van der Waals surface area contributed by atoms with Gasteiger partial charge in [0.1, 0.15) is 0 Å². The van der Waals surface area contributed by atoms with Crippen molar-refractivity contribution in [3.8, 4) is 0 Å². The van der Waals surface area contributed by atoms with Crippen LogP contribution in [0.4, 0.5) is 0 Å². The van der Waals surface area contributed by atoms with E-state index in [1.165, 1.54) is 0 Å². The Hall–Kier alpha value is -1.58. The standard InChI is InChI=1S/C12H18N2O2/c1-3-11(15)10-5-7-14(9-10)8-6-12(16)13-4-2/h5,7,9H,3-4,6,8H2,1-2H3,(H,13,16). The lowest BCUT2D eigenvalue weighted by Gasteiger charge is -2.03. The molecular weight excluding hydrogens is 204 g/mol. The van der Waals surface area contributed by atoms with Gasteiger partial charge in [-0.05, 0) is 13.0 Å². The third kappa shape index (κ3) is 3.53. The lowest BCUT2D eigenvalue weighted by Crippen LogP contribution is -2.23. The summed E-state index contributed by atoms with van der Waals surface area (Å²) >= 11 is 0. The molecule has 0 saturated carbocycles. The smallest absolute Gasteiger partial charge is 0.221 e. The summed E-state index contributed by atoms with van der Waals surface area (Å²) in [6, 6.07) is 1.80. The summed E-state index contributed by atoms with van der Waals surface area (Å²) in [6.07, 6.45) is 4.59. The van der Waals surface area contributed by atoms with E-state index in [0.717, 1.165) is 5.56 Å². The first-order valence-electron chi connectivity index (χ1n) is 5.63. The molecule has 1 aromatic heterocycles. The lowest BCUT2D eigenvalue weighted by molar-refractivity contribution is -0.121. The Kier molecular flexibility index (Phi) is 4.76. The van der Waals surface area contributed by atoms with E-state index in [1.807, 2.05) is 24.6 Å². The van der Waals surface area contributed by atoms with Crippen LogP contribution in [0.1, 0.15) is 37.0 Å². The van der Waals surface area contributed by atoms with Gasteiger partial charge in [-0.15, -0.1) is 0 Å². The minimum atomic E-state index is 0.0413. The van der Waals surface area contributed by atoms with Crippen molar-refractivity contribution >= 4 is 11.7 Å². The molecule has 4 nitrogen and oxygen atoms in total. The molecular formula is C12H18N2O2. The van der Waals surface area contributed by atoms with E-state index in [9.17, 15) is 9.59 Å². The first-order valence-corrected chi connectivity index (χ1v) is 5.63. The number of aromatic nitrogens is 1. The zero-order valence-electron chi connectivity index (χ0n) is 9.82. The molecule has 4 heteroatoms. The summed E-state index contributed by atoms with van der Waals surface area (Å²) in [5.41, 5.74) is 0.721. The third-order valence-corrected chi connectivity index (χ3v) is 2.36. The summed E-state index contributed by atoms with van der Waals surface area (Å²) in [7, 11) is 0. The SMILES string of the molecule is CCNC(=O)CCn1ccc(C(=O)CC)c1.